The van der Waals surface area contributed by atoms with Crippen molar-refractivity contribution in [2.75, 3.05) is 11.9 Å². The number of carbonyl (C=O) groups is 2. The van der Waals surface area contributed by atoms with Gasteiger partial charge in [0.25, 0.3) is 5.91 Å². The molecule has 1 heterocycles. The van der Waals surface area contributed by atoms with Crippen LogP contribution in [0.3, 0.4) is 0 Å². The van der Waals surface area contributed by atoms with Crippen LogP contribution in [0.25, 0.3) is 0 Å². The number of aryl methyl sites for hydroxylation is 2. The third kappa shape index (κ3) is 3.18. The molecule has 24 heavy (non-hydrogen) atoms. The number of hydrogen-bond donors (Lipinski definition) is 1. The molecule has 0 unspecified atom stereocenters. The number of rotatable bonds is 3. The molecule has 2 aromatic rings. The van der Waals surface area contributed by atoms with Gasteiger partial charge in [0.15, 0.2) is 0 Å². The lowest BCUT2D eigenvalue weighted by molar-refractivity contribution is -0.119. The molecule has 0 bridgehead atoms. The van der Waals surface area contributed by atoms with Crippen LogP contribution in [0.4, 0.5) is 5.69 Å². The zero-order valence-electron chi connectivity index (χ0n) is 14.1. The van der Waals surface area contributed by atoms with Crippen molar-refractivity contribution in [2.45, 2.75) is 32.7 Å². The van der Waals surface area contributed by atoms with E-state index in [9.17, 15) is 9.59 Å². The average Bonchev–Trinajstić information content (AvgIpc) is 3.06. The van der Waals surface area contributed by atoms with E-state index in [2.05, 4.69) is 5.32 Å². The molecule has 0 aromatic heterocycles. The van der Waals surface area contributed by atoms with Crippen molar-refractivity contribution in [3.8, 4) is 0 Å². The number of amides is 2. The van der Waals surface area contributed by atoms with Crippen molar-refractivity contribution < 1.29 is 9.59 Å². The fourth-order valence-electron chi connectivity index (χ4n) is 3.18. The van der Waals surface area contributed by atoms with Crippen LogP contribution < -0.4 is 5.32 Å². The summed E-state index contributed by atoms with van der Waals surface area (Å²) < 4.78 is 0. The fraction of sp³-hybridized carbons (Fsp3) is 0.300. The van der Waals surface area contributed by atoms with Gasteiger partial charge in [0.05, 0.1) is 0 Å². The quantitative estimate of drug-likeness (QED) is 0.939. The molecule has 1 aliphatic heterocycles. The predicted octanol–water partition coefficient (Wildman–Crippen LogP) is 3.55. The number of carbonyl (C=O) groups excluding carboxylic acids is 2. The van der Waals surface area contributed by atoms with Crippen molar-refractivity contribution in [3.05, 3.63) is 65.2 Å². The second-order valence-electron chi connectivity index (χ2n) is 6.28. The first-order valence-electron chi connectivity index (χ1n) is 8.31. The summed E-state index contributed by atoms with van der Waals surface area (Å²) in [5.41, 5.74) is 3.43. The van der Waals surface area contributed by atoms with Crippen LogP contribution in [0.1, 0.15) is 34.3 Å². The smallest absolute Gasteiger partial charge is 0.254 e. The Labute approximate surface area is 142 Å². The van der Waals surface area contributed by atoms with E-state index in [1.807, 2.05) is 62.4 Å². The van der Waals surface area contributed by atoms with Crippen LogP contribution >= 0.6 is 0 Å². The van der Waals surface area contributed by atoms with Gasteiger partial charge >= 0.3 is 0 Å². The van der Waals surface area contributed by atoms with E-state index in [0.29, 0.717) is 18.5 Å². The molecule has 1 fully saturated rings. The van der Waals surface area contributed by atoms with Crippen molar-refractivity contribution in [1.29, 1.82) is 0 Å². The predicted molar refractivity (Wildman–Crippen MR) is 95.0 cm³/mol. The Morgan fingerprint density at radius 2 is 1.67 bits per heavy atom. The van der Waals surface area contributed by atoms with E-state index >= 15 is 0 Å². The van der Waals surface area contributed by atoms with E-state index in [1.54, 1.807) is 4.90 Å². The van der Waals surface area contributed by atoms with E-state index in [4.69, 9.17) is 0 Å². The summed E-state index contributed by atoms with van der Waals surface area (Å²) >= 11 is 0. The van der Waals surface area contributed by atoms with Gasteiger partial charge < -0.3 is 10.2 Å². The lowest BCUT2D eigenvalue weighted by atomic mass is 10.1. The lowest BCUT2D eigenvalue weighted by Gasteiger charge is -2.25. The number of likely N-dealkylation sites (tertiary alicyclic amines) is 1. The molecule has 1 N–H and O–H groups in total. The molecule has 4 heteroatoms. The number of para-hydroxylation sites is 1. The Morgan fingerprint density at radius 1 is 1.00 bits per heavy atom. The summed E-state index contributed by atoms with van der Waals surface area (Å²) in [6.07, 6.45) is 1.55. The standard InChI is InChI=1S/C20H22N2O2/c1-14-8-3-5-10-16(14)20(24)22-13-7-12-18(22)19(23)21-17-11-6-4-9-15(17)2/h3-6,8-11,18H,7,12-13H2,1-2H3,(H,21,23)/t18-/m0/s1. The van der Waals surface area contributed by atoms with Crippen LogP contribution in [0, 0.1) is 13.8 Å². The van der Waals surface area contributed by atoms with Crippen molar-refractivity contribution in [3.63, 3.8) is 0 Å². The molecule has 124 valence electrons. The largest absolute Gasteiger partial charge is 0.327 e. The van der Waals surface area contributed by atoms with Gasteiger partial charge in [0.1, 0.15) is 6.04 Å². The topological polar surface area (TPSA) is 49.4 Å². The Balaban J connectivity index is 1.78. The van der Waals surface area contributed by atoms with E-state index in [1.165, 1.54) is 0 Å². The summed E-state index contributed by atoms with van der Waals surface area (Å²) in [5, 5.41) is 2.97. The molecule has 0 aliphatic carbocycles. The third-order valence-corrected chi connectivity index (χ3v) is 4.59. The number of nitrogens with one attached hydrogen (secondary N) is 1. The Hall–Kier alpha value is -2.62. The van der Waals surface area contributed by atoms with Crippen LogP contribution in [0.15, 0.2) is 48.5 Å². The van der Waals surface area contributed by atoms with E-state index in [0.717, 1.165) is 23.2 Å². The van der Waals surface area contributed by atoms with Gasteiger partial charge in [0.2, 0.25) is 5.91 Å². The van der Waals surface area contributed by atoms with Gasteiger partial charge in [0, 0.05) is 17.8 Å². The molecule has 0 saturated carbocycles. The molecule has 1 aliphatic rings. The average molecular weight is 322 g/mol. The second-order valence-corrected chi connectivity index (χ2v) is 6.28. The summed E-state index contributed by atoms with van der Waals surface area (Å²) in [5.74, 6) is -0.167. The minimum absolute atomic E-state index is 0.0597. The van der Waals surface area contributed by atoms with Crippen LogP contribution in [-0.2, 0) is 4.79 Å². The lowest BCUT2D eigenvalue weighted by Crippen LogP contribution is -2.43. The van der Waals surface area contributed by atoms with Crippen molar-refractivity contribution in [2.24, 2.45) is 0 Å². The Bertz CT molecular complexity index is 770. The molecule has 4 nitrogen and oxygen atoms in total. The van der Waals surface area contributed by atoms with Crippen molar-refractivity contribution >= 4 is 17.5 Å². The molecule has 3 rings (SSSR count). The first kappa shape index (κ1) is 16.2. The molecule has 1 atom stereocenters. The minimum atomic E-state index is -0.406. The van der Waals surface area contributed by atoms with E-state index in [-0.39, 0.29) is 11.8 Å². The highest BCUT2D eigenvalue weighted by Gasteiger charge is 2.35. The monoisotopic (exact) mass is 322 g/mol. The van der Waals surface area contributed by atoms with Gasteiger partial charge in [-0.15, -0.1) is 0 Å². The molecule has 0 spiro atoms. The van der Waals surface area contributed by atoms with Crippen LogP contribution in [0.5, 0.6) is 0 Å². The van der Waals surface area contributed by atoms with Crippen LogP contribution in [-0.4, -0.2) is 29.3 Å². The van der Waals surface area contributed by atoms with Gasteiger partial charge in [-0.1, -0.05) is 36.4 Å². The summed E-state index contributed by atoms with van der Waals surface area (Å²) in [7, 11) is 0. The van der Waals surface area contributed by atoms with Gasteiger partial charge in [-0.25, -0.2) is 0 Å². The maximum Gasteiger partial charge on any atom is 0.254 e. The first-order valence-corrected chi connectivity index (χ1v) is 8.31. The Kier molecular flexibility index (Phi) is 4.65. The minimum Gasteiger partial charge on any atom is -0.327 e. The molecule has 1 saturated heterocycles. The third-order valence-electron chi connectivity index (χ3n) is 4.59. The molecule has 2 amide bonds. The molecule has 2 aromatic carbocycles. The van der Waals surface area contributed by atoms with Crippen molar-refractivity contribution in [1.82, 2.24) is 4.90 Å². The van der Waals surface area contributed by atoms with Crippen LogP contribution in [0.2, 0.25) is 0 Å². The summed E-state index contributed by atoms with van der Waals surface area (Å²) in [6.45, 7) is 4.51. The Morgan fingerprint density at radius 3 is 2.38 bits per heavy atom. The normalized spacial score (nSPS) is 16.9. The highest BCUT2D eigenvalue weighted by Crippen LogP contribution is 2.23. The maximum absolute atomic E-state index is 12.8. The van der Waals surface area contributed by atoms with Gasteiger partial charge in [-0.05, 0) is 49.9 Å². The maximum atomic E-state index is 12.8. The highest BCUT2D eigenvalue weighted by atomic mass is 16.2. The fourth-order valence-corrected chi connectivity index (χ4v) is 3.18. The molecular weight excluding hydrogens is 300 g/mol. The zero-order chi connectivity index (χ0) is 17.1. The number of nitrogens with zero attached hydrogens (tertiary/aromatic N) is 1. The summed E-state index contributed by atoms with van der Waals surface area (Å²) in [6, 6.07) is 14.8. The zero-order valence-corrected chi connectivity index (χ0v) is 14.1. The number of hydrogen-bond acceptors (Lipinski definition) is 2. The highest BCUT2D eigenvalue weighted by molar-refractivity contribution is 6.02. The number of anilines is 1. The SMILES string of the molecule is Cc1ccccc1NC(=O)[C@@H]1CCCN1C(=O)c1ccccc1C. The second kappa shape index (κ2) is 6.87. The molecular formula is C20H22N2O2. The van der Waals surface area contributed by atoms with Gasteiger partial charge in [-0.2, -0.15) is 0 Å². The van der Waals surface area contributed by atoms with E-state index < -0.39 is 6.04 Å². The molecule has 0 radical (unpaired) electrons. The first-order chi connectivity index (χ1) is 11.6. The summed E-state index contributed by atoms with van der Waals surface area (Å²) in [4.78, 5) is 27.2. The number of benzene rings is 2. The van der Waals surface area contributed by atoms with Gasteiger partial charge in [-0.3, -0.25) is 9.59 Å².